The molecule has 6 nitrogen and oxygen atoms in total. The van der Waals surface area contributed by atoms with E-state index in [2.05, 4.69) is 9.98 Å². The molecule has 0 unspecified atom stereocenters. The van der Waals surface area contributed by atoms with E-state index in [1.54, 1.807) is 26.3 Å². The zero-order chi connectivity index (χ0) is 19.4. The van der Waals surface area contributed by atoms with E-state index >= 15 is 0 Å². The van der Waals surface area contributed by atoms with Gasteiger partial charge in [0.05, 0.1) is 10.4 Å². The van der Waals surface area contributed by atoms with Gasteiger partial charge in [0.15, 0.2) is 0 Å². The summed E-state index contributed by atoms with van der Waals surface area (Å²) < 4.78 is 26.7. The summed E-state index contributed by atoms with van der Waals surface area (Å²) in [6, 6.07) is 13.6. The summed E-state index contributed by atoms with van der Waals surface area (Å²) >= 11 is 0. The molecule has 0 bridgehead atoms. The molecule has 0 radical (unpaired) electrons. The highest BCUT2D eigenvalue weighted by atomic mass is 32.2. The van der Waals surface area contributed by atoms with Crippen LogP contribution >= 0.6 is 0 Å². The summed E-state index contributed by atoms with van der Waals surface area (Å²) in [4.78, 5) is 8.67. The van der Waals surface area contributed by atoms with Crippen molar-refractivity contribution >= 4 is 32.8 Å². The number of aromatic hydroxyl groups is 1. The van der Waals surface area contributed by atoms with E-state index in [4.69, 9.17) is 0 Å². The van der Waals surface area contributed by atoms with Crippen LogP contribution in [-0.2, 0) is 10.0 Å². The average Bonchev–Trinajstić information content (AvgIpc) is 2.67. The lowest BCUT2D eigenvalue weighted by atomic mass is 10.1. The average molecular weight is 383 g/mol. The maximum absolute atomic E-state index is 12.7. The lowest BCUT2D eigenvalue weighted by Crippen LogP contribution is -2.30. The first-order valence-corrected chi connectivity index (χ1v) is 10.1. The van der Waals surface area contributed by atoms with Gasteiger partial charge >= 0.3 is 0 Å². The molecule has 0 fully saturated rings. The molecule has 0 aliphatic rings. The number of hydrogen-bond acceptors (Lipinski definition) is 5. The van der Waals surface area contributed by atoms with Gasteiger partial charge in [-0.15, -0.1) is 0 Å². The Balaban J connectivity index is 1.95. The van der Waals surface area contributed by atoms with Crippen LogP contribution in [0.5, 0.6) is 5.75 Å². The molecule has 27 heavy (non-hydrogen) atoms. The van der Waals surface area contributed by atoms with E-state index in [0.717, 1.165) is 16.5 Å². The monoisotopic (exact) mass is 383 g/mol. The standard InChI is InChI=1S/C20H21N3O3S/c1-3-23(4-2)27(25,26)17-8-10-20(24)19(13-17)22-14-15-7-9-18-16(12-15)6-5-11-21-18/h5-14,24H,3-4H2,1-2H3. The van der Waals surface area contributed by atoms with Gasteiger partial charge in [-0.05, 0) is 42.0 Å². The Kier molecular flexibility index (Phi) is 5.53. The quantitative estimate of drug-likeness (QED) is 0.658. The van der Waals surface area contributed by atoms with Crippen molar-refractivity contribution in [2.24, 2.45) is 4.99 Å². The Morgan fingerprint density at radius 3 is 2.63 bits per heavy atom. The van der Waals surface area contributed by atoms with Gasteiger partial charge in [-0.3, -0.25) is 9.98 Å². The summed E-state index contributed by atoms with van der Waals surface area (Å²) in [5, 5.41) is 11.0. The van der Waals surface area contributed by atoms with E-state index in [1.807, 2.05) is 30.3 Å². The molecule has 0 amide bonds. The van der Waals surface area contributed by atoms with E-state index in [9.17, 15) is 13.5 Å². The van der Waals surface area contributed by atoms with Gasteiger partial charge in [-0.2, -0.15) is 4.31 Å². The predicted octanol–water partition coefficient (Wildman–Crippen LogP) is 3.72. The molecule has 0 atom stereocenters. The predicted molar refractivity (Wildman–Crippen MR) is 107 cm³/mol. The second-order valence-electron chi connectivity index (χ2n) is 5.95. The van der Waals surface area contributed by atoms with Gasteiger partial charge in [0, 0.05) is 30.9 Å². The van der Waals surface area contributed by atoms with Crippen LogP contribution < -0.4 is 0 Å². The van der Waals surface area contributed by atoms with Crippen LogP contribution in [0.1, 0.15) is 19.4 Å². The molecule has 1 aromatic heterocycles. The van der Waals surface area contributed by atoms with Crippen molar-refractivity contribution in [3.05, 3.63) is 60.3 Å². The van der Waals surface area contributed by atoms with Gasteiger partial charge < -0.3 is 5.11 Å². The van der Waals surface area contributed by atoms with Gasteiger partial charge in [-0.1, -0.05) is 26.0 Å². The smallest absolute Gasteiger partial charge is 0.243 e. The Bertz CT molecular complexity index is 1090. The number of nitrogens with zero attached hydrogens (tertiary/aromatic N) is 3. The molecule has 0 aliphatic heterocycles. The fourth-order valence-electron chi connectivity index (χ4n) is 2.80. The van der Waals surface area contributed by atoms with Crippen molar-refractivity contribution in [3.63, 3.8) is 0 Å². The van der Waals surface area contributed by atoms with Crippen molar-refractivity contribution in [2.75, 3.05) is 13.1 Å². The van der Waals surface area contributed by atoms with Crippen molar-refractivity contribution in [3.8, 4) is 5.75 Å². The van der Waals surface area contributed by atoms with Crippen LogP contribution in [0.2, 0.25) is 0 Å². The number of pyridine rings is 1. The summed E-state index contributed by atoms with van der Waals surface area (Å²) in [7, 11) is -3.61. The summed E-state index contributed by atoms with van der Waals surface area (Å²) in [5.41, 5.74) is 1.91. The van der Waals surface area contributed by atoms with Crippen LogP contribution in [-0.4, -0.2) is 42.1 Å². The van der Waals surface area contributed by atoms with Crippen LogP contribution in [0.4, 0.5) is 5.69 Å². The number of rotatable bonds is 6. The molecule has 0 spiro atoms. The highest BCUT2D eigenvalue weighted by Gasteiger charge is 2.22. The molecular formula is C20H21N3O3S. The molecule has 140 valence electrons. The first-order chi connectivity index (χ1) is 13.0. The Labute approximate surface area is 158 Å². The van der Waals surface area contributed by atoms with E-state index in [0.29, 0.717) is 13.1 Å². The van der Waals surface area contributed by atoms with Crippen LogP contribution in [0, 0.1) is 0 Å². The molecule has 3 aromatic rings. The topological polar surface area (TPSA) is 82.9 Å². The maximum Gasteiger partial charge on any atom is 0.243 e. The zero-order valence-electron chi connectivity index (χ0n) is 15.2. The summed E-state index contributed by atoms with van der Waals surface area (Å²) in [6.07, 6.45) is 3.32. The second-order valence-corrected chi connectivity index (χ2v) is 7.89. The largest absolute Gasteiger partial charge is 0.506 e. The maximum atomic E-state index is 12.7. The minimum absolute atomic E-state index is 0.0767. The Morgan fingerprint density at radius 2 is 1.89 bits per heavy atom. The third kappa shape index (κ3) is 3.99. The van der Waals surface area contributed by atoms with Crippen LogP contribution in [0.25, 0.3) is 10.9 Å². The summed E-state index contributed by atoms with van der Waals surface area (Å²) in [6.45, 7) is 4.33. The number of aliphatic imine (C=N–C) groups is 1. The highest BCUT2D eigenvalue weighted by Crippen LogP contribution is 2.30. The van der Waals surface area contributed by atoms with Crippen molar-refractivity contribution < 1.29 is 13.5 Å². The molecule has 1 heterocycles. The van der Waals surface area contributed by atoms with E-state index in [1.165, 1.54) is 22.5 Å². The van der Waals surface area contributed by atoms with Gasteiger partial charge in [-0.25, -0.2) is 8.42 Å². The minimum Gasteiger partial charge on any atom is -0.506 e. The highest BCUT2D eigenvalue weighted by molar-refractivity contribution is 7.89. The molecular weight excluding hydrogens is 362 g/mol. The third-order valence-electron chi connectivity index (χ3n) is 4.27. The zero-order valence-corrected chi connectivity index (χ0v) is 16.0. The van der Waals surface area contributed by atoms with Gasteiger partial charge in [0.25, 0.3) is 0 Å². The normalized spacial score (nSPS) is 12.3. The minimum atomic E-state index is -3.61. The third-order valence-corrected chi connectivity index (χ3v) is 6.32. The van der Waals surface area contributed by atoms with E-state index in [-0.39, 0.29) is 16.3 Å². The first kappa shape index (κ1) is 19.0. The molecule has 2 aromatic carbocycles. The van der Waals surface area contributed by atoms with Crippen LogP contribution in [0.3, 0.4) is 0 Å². The number of sulfonamides is 1. The fraction of sp³-hybridized carbons (Fsp3) is 0.200. The van der Waals surface area contributed by atoms with Crippen molar-refractivity contribution in [1.29, 1.82) is 0 Å². The Hall–Kier alpha value is -2.77. The molecule has 0 aliphatic carbocycles. The number of fused-ring (bicyclic) bond motifs is 1. The van der Waals surface area contributed by atoms with Gasteiger partial charge in [0.2, 0.25) is 10.0 Å². The number of benzene rings is 2. The molecule has 1 N–H and O–H groups in total. The SMILES string of the molecule is CCN(CC)S(=O)(=O)c1ccc(O)c(N=Cc2ccc3ncccc3c2)c1. The van der Waals surface area contributed by atoms with Gasteiger partial charge in [0.1, 0.15) is 11.4 Å². The number of phenols is 1. The molecule has 7 heteroatoms. The Morgan fingerprint density at radius 1 is 1.11 bits per heavy atom. The number of aromatic nitrogens is 1. The first-order valence-electron chi connectivity index (χ1n) is 8.67. The fourth-order valence-corrected chi connectivity index (χ4v) is 4.28. The molecule has 3 rings (SSSR count). The van der Waals surface area contributed by atoms with Crippen molar-refractivity contribution in [2.45, 2.75) is 18.7 Å². The lowest BCUT2D eigenvalue weighted by Gasteiger charge is -2.18. The van der Waals surface area contributed by atoms with E-state index < -0.39 is 10.0 Å². The molecule has 0 saturated carbocycles. The van der Waals surface area contributed by atoms with Crippen LogP contribution in [0.15, 0.2) is 64.6 Å². The number of hydrogen-bond donors (Lipinski definition) is 1. The molecule has 0 saturated heterocycles. The van der Waals surface area contributed by atoms with Crippen molar-refractivity contribution in [1.82, 2.24) is 9.29 Å². The lowest BCUT2D eigenvalue weighted by molar-refractivity contribution is 0.445. The second kappa shape index (κ2) is 7.85. The summed E-state index contributed by atoms with van der Waals surface area (Å²) in [5.74, 6) is -0.0767. The number of phenolic OH excluding ortho intramolecular Hbond substituents is 1.